The highest BCUT2D eigenvalue weighted by Gasteiger charge is 2.61. The fourth-order valence-electron chi connectivity index (χ4n) is 7.34. The Morgan fingerprint density at radius 3 is 2.71 bits per heavy atom. The molecule has 156 valence electrons. The molecule has 4 heteroatoms. The number of ether oxygens (including phenoxy) is 1. The summed E-state index contributed by atoms with van der Waals surface area (Å²) in [5.74, 6) is 2.26. The molecule has 0 spiro atoms. The number of hydrogen-bond acceptors (Lipinski definition) is 4. The van der Waals surface area contributed by atoms with Gasteiger partial charge in [-0.1, -0.05) is 32.9 Å². The molecule has 4 nitrogen and oxygen atoms in total. The largest absolute Gasteiger partial charge is 0.462 e. The van der Waals surface area contributed by atoms with E-state index in [2.05, 4.69) is 20.4 Å². The molecule has 0 radical (unpaired) electrons. The van der Waals surface area contributed by atoms with E-state index in [9.17, 15) is 9.59 Å². The number of rotatable bonds is 3. The predicted octanol–water partition coefficient (Wildman–Crippen LogP) is 4.27. The second-order valence-corrected chi connectivity index (χ2v) is 10.7. The Morgan fingerprint density at radius 1 is 1.25 bits per heavy atom. The molecule has 28 heavy (non-hydrogen) atoms. The zero-order valence-electron chi connectivity index (χ0n) is 17.8. The van der Waals surface area contributed by atoms with Crippen molar-refractivity contribution in [3.05, 3.63) is 12.2 Å². The molecule has 0 aromatic rings. The summed E-state index contributed by atoms with van der Waals surface area (Å²) in [6.45, 7) is 11.4. The van der Waals surface area contributed by atoms with Gasteiger partial charge in [0.15, 0.2) is 0 Å². The van der Waals surface area contributed by atoms with Gasteiger partial charge in [0.1, 0.15) is 11.9 Å². The molecule has 4 fully saturated rings. The van der Waals surface area contributed by atoms with E-state index in [4.69, 9.17) is 10.5 Å². The van der Waals surface area contributed by atoms with Crippen LogP contribution in [0.1, 0.15) is 72.1 Å². The van der Waals surface area contributed by atoms with Crippen LogP contribution in [0.3, 0.4) is 0 Å². The predicted molar refractivity (Wildman–Crippen MR) is 109 cm³/mol. The minimum Gasteiger partial charge on any atom is -0.462 e. The number of fused-ring (bicyclic) bond motifs is 5. The van der Waals surface area contributed by atoms with Gasteiger partial charge in [-0.05, 0) is 74.0 Å². The Hall–Kier alpha value is -1.16. The first-order chi connectivity index (χ1) is 13.2. The molecule has 4 aliphatic rings. The molecule has 0 aromatic heterocycles. The zero-order chi connectivity index (χ0) is 20.3. The van der Waals surface area contributed by atoms with Crippen molar-refractivity contribution in [1.82, 2.24) is 0 Å². The van der Waals surface area contributed by atoms with Gasteiger partial charge in [-0.25, -0.2) is 0 Å². The third-order valence-electron chi connectivity index (χ3n) is 9.33. The van der Waals surface area contributed by atoms with Crippen molar-refractivity contribution in [3.8, 4) is 0 Å². The summed E-state index contributed by atoms with van der Waals surface area (Å²) in [6.07, 6.45) is 8.05. The normalized spacial score (nSPS) is 46.4. The average molecular weight is 388 g/mol. The molecule has 2 N–H and O–H groups in total. The highest BCUT2D eigenvalue weighted by Crippen LogP contribution is 2.66. The third kappa shape index (κ3) is 2.89. The standard InChI is InChI=1S/C24H37NO3/c1-14-11-16-12-17(28-22(27)15(2)13-25)7-9-23(16,3)19-8-10-24(4)18(21(14)19)5-6-20(24)26/h15-19,21H,1,5-13,25H2,2-4H3/t15?,16?,17-,18-,19-,21-,23-,24-/m0/s1. The van der Waals surface area contributed by atoms with E-state index < -0.39 is 0 Å². The van der Waals surface area contributed by atoms with E-state index >= 15 is 0 Å². The number of carbonyl (C=O) groups excluding carboxylic acids is 2. The SMILES string of the molecule is C=C1CC2C[C@@H](OC(=O)C(C)CN)CC[C@]2(C)[C@H]2CC[C@]3(C)C(=O)CC[C@H]3[C@H]12. The number of ketones is 1. The van der Waals surface area contributed by atoms with Crippen LogP contribution in [0.4, 0.5) is 0 Å². The first-order valence-electron chi connectivity index (χ1n) is 11.3. The van der Waals surface area contributed by atoms with Crippen LogP contribution in [0.25, 0.3) is 0 Å². The highest BCUT2D eigenvalue weighted by atomic mass is 16.5. The lowest BCUT2D eigenvalue weighted by molar-refractivity contribution is -0.162. The van der Waals surface area contributed by atoms with E-state index in [1.54, 1.807) is 0 Å². The molecule has 4 aliphatic carbocycles. The molecule has 0 amide bonds. The quantitative estimate of drug-likeness (QED) is 0.580. The van der Waals surface area contributed by atoms with Crippen LogP contribution in [-0.4, -0.2) is 24.4 Å². The van der Waals surface area contributed by atoms with Crippen LogP contribution in [0, 0.1) is 40.4 Å². The topological polar surface area (TPSA) is 69.4 Å². The molecule has 0 aromatic carbocycles. The number of nitrogens with two attached hydrogens (primary N) is 1. The van der Waals surface area contributed by atoms with E-state index in [1.807, 2.05) is 6.92 Å². The molecule has 0 heterocycles. The summed E-state index contributed by atoms with van der Waals surface area (Å²) in [6, 6.07) is 0. The van der Waals surface area contributed by atoms with Crippen molar-refractivity contribution < 1.29 is 14.3 Å². The molecular weight excluding hydrogens is 350 g/mol. The van der Waals surface area contributed by atoms with Gasteiger partial charge < -0.3 is 10.5 Å². The molecule has 0 bridgehead atoms. The number of Topliss-reactive ketones (excluding diaryl/α,β-unsaturated/α-hetero) is 1. The van der Waals surface area contributed by atoms with Crippen molar-refractivity contribution in [3.63, 3.8) is 0 Å². The average Bonchev–Trinajstić information content (AvgIpc) is 2.97. The Balaban J connectivity index is 1.52. The smallest absolute Gasteiger partial charge is 0.310 e. The summed E-state index contributed by atoms with van der Waals surface area (Å²) in [5, 5.41) is 0. The van der Waals surface area contributed by atoms with Crippen molar-refractivity contribution in [2.75, 3.05) is 6.54 Å². The first kappa shape index (κ1) is 20.1. The lowest BCUT2D eigenvalue weighted by Crippen LogP contribution is -2.55. The molecule has 2 unspecified atom stereocenters. The molecule has 4 saturated carbocycles. The molecular formula is C24H37NO3. The van der Waals surface area contributed by atoms with Crippen molar-refractivity contribution in [2.45, 2.75) is 78.2 Å². The summed E-state index contributed by atoms with van der Waals surface area (Å²) in [4.78, 5) is 24.8. The lowest BCUT2D eigenvalue weighted by Gasteiger charge is -2.60. The van der Waals surface area contributed by atoms with Crippen LogP contribution in [-0.2, 0) is 14.3 Å². The minimum absolute atomic E-state index is 0.0193. The Bertz CT molecular complexity index is 687. The maximum atomic E-state index is 12.6. The van der Waals surface area contributed by atoms with Gasteiger partial charge in [0, 0.05) is 18.4 Å². The molecule has 4 rings (SSSR count). The second-order valence-electron chi connectivity index (χ2n) is 10.7. The van der Waals surface area contributed by atoms with E-state index in [0.29, 0.717) is 36.0 Å². The van der Waals surface area contributed by atoms with E-state index in [-0.39, 0.29) is 28.8 Å². The number of hydrogen-bond donors (Lipinski definition) is 1. The monoisotopic (exact) mass is 387 g/mol. The second kappa shape index (κ2) is 6.97. The van der Waals surface area contributed by atoms with Crippen LogP contribution in [0.2, 0.25) is 0 Å². The zero-order valence-corrected chi connectivity index (χ0v) is 17.8. The van der Waals surface area contributed by atoms with Gasteiger partial charge >= 0.3 is 5.97 Å². The maximum Gasteiger partial charge on any atom is 0.310 e. The summed E-state index contributed by atoms with van der Waals surface area (Å²) < 4.78 is 5.82. The van der Waals surface area contributed by atoms with Gasteiger partial charge in [-0.15, -0.1) is 0 Å². The number of esters is 1. The highest BCUT2D eigenvalue weighted by molar-refractivity contribution is 5.87. The van der Waals surface area contributed by atoms with Gasteiger partial charge in [-0.2, -0.15) is 0 Å². The summed E-state index contributed by atoms with van der Waals surface area (Å²) >= 11 is 0. The van der Waals surface area contributed by atoms with E-state index in [1.165, 1.54) is 5.57 Å². The maximum absolute atomic E-state index is 12.6. The van der Waals surface area contributed by atoms with E-state index in [0.717, 1.165) is 51.4 Å². The fourth-order valence-corrected chi connectivity index (χ4v) is 7.34. The number of carbonyl (C=O) groups is 2. The van der Waals surface area contributed by atoms with Crippen LogP contribution in [0.5, 0.6) is 0 Å². The molecule has 0 saturated heterocycles. The summed E-state index contributed by atoms with van der Waals surface area (Å²) in [7, 11) is 0. The first-order valence-corrected chi connectivity index (χ1v) is 11.3. The fraction of sp³-hybridized carbons (Fsp3) is 0.833. The number of allylic oxidation sites excluding steroid dienone is 1. The Kier molecular flexibility index (Phi) is 5.01. The lowest BCUT2D eigenvalue weighted by atomic mass is 9.44. The van der Waals surface area contributed by atoms with Crippen LogP contribution < -0.4 is 5.73 Å². The third-order valence-corrected chi connectivity index (χ3v) is 9.33. The molecule has 0 aliphatic heterocycles. The van der Waals surface area contributed by atoms with Gasteiger partial charge in [0.2, 0.25) is 0 Å². The Morgan fingerprint density at radius 2 is 2.00 bits per heavy atom. The van der Waals surface area contributed by atoms with Crippen molar-refractivity contribution in [2.24, 2.45) is 46.2 Å². The van der Waals surface area contributed by atoms with Gasteiger partial charge in [-0.3, -0.25) is 9.59 Å². The van der Waals surface area contributed by atoms with Gasteiger partial charge in [0.05, 0.1) is 5.92 Å². The van der Waals surface area contributed by atoms with Crippen molar-refractivity contribution >= 4 is 11.8 Å². The molecule has 8 atom stereocenters. The van der Waals surface area contributed by atoms with Crippen LogP contribution in [0.15, 0.2) is 12.2 Å². The minimum atomic E-state index is -0.227. The Labute approximate surface area is 169 Å². The summed E-state index contributed by atoms with van der Waals surface area (Å²) in [5.41, 5.74) is 7.15. The van der Waals surface area contributed by atoms with Gasteiger partial charge in [0.25, 0.3) is 0 Å². The van der Waals surface area contributed by atoms with Crippen LogP contribution >= 0.6 is 0 Å². The van der Waals surface area contributed by atoms with Crippen molar-refractivity contribution in [1.29, 1.82) is 0 Å².